The molecule has 0 aliphatic carbocycles. The molecule has 1 aromatic heterocycles. The van der Waals surface area contributed by atoms with E-state index in [2.05, 4.69) is 15.5 Å². The molecule has 1 heterocycles. The van der Waals surface area contributed by atoms with Gasteiger partial charge in [-0.2, -0.15) is 0 Å². The molecule has 116 valence electrons. The fourth-order valence-electron chi connectivity index (χ4n) is 1.98. The number of carbonyl (C=O) groups is 1. The van der Waals surface area contributed by atoms with Crippen LogP contribution in [0, 0.1) is 0 Å². The number of carbonyl (C=O) groups excluding carboxylic acids is 1. The van der Waals surface area contributed by atoms with Crippen molar-refractivity contribution in [3.8, 4) is 5.69 Å². The number of benzene rings is 2. The Bertz CT molecular complexity index is 771. The van der Waals surface area contributed by atoms with Gasteiger partial charge < -0.3 is 4.74 Å². The lowest BCUT2D eigenvalue weighted by Crippen LogP contribution is -2.05. The second kappa shape index (κ2) is 7.06. The van der Waals surface area contributed by atoms with Crippen LogP contribution in [0.25, 0.3) is 5.69 Å². The van der Waals surface area contributed by atoms with E-state index in [1.165, 1.54) is 15.9 Å². The van der Waals surface area contributed by atoms with E-state index in [0.29, 0.717) is 5.56 Å². The van der Waals surface area contributed by atoms with Crippen LogP contribution < -0.4 is 0 Å². The average molecular weight is 326 g/mol. The number of tetrazole rings is 1. The zero-order valence-electron chi connectivity index (χ0n) is 12.4. The van der Waals surface area contributed by atoms with Crippen molar-refractivity contribution in [1.29, 1.82) is 0 Å². The third-order valence-corrected chi connectivity index (χ3v) is 3.99. The van der Waals surface area contributed by atoms with Crippen LogP contribution in [0.2, 0.25) is 0 Å². The summed E-state index contributed by atoms with van der Waals surface area (Å²) in [5.41, 5.74) is 2.23. The summed E-state index contributed by atoms with van der Waals surface area (Å²) >= 11 is 1.68. The number of hydrogen-bond donors (Lipinski definition) is 0. The van der Waals surface area contributed by atoms with Crippen LogP contribution in [-0.4, -0.2) is 32.4 Å². The summed E-state index contributed by atoms with van der Waals surface area (Å²) < 4.78 is 6.84. The first-order valence-corrected chi connectivity index (χ1v) is 8.12. The maximum absolute atomic E-state index is 12.1. The Morgan fingerprint density at radius 1 is 1.13 bits per heavy atom. The summed E-state index contributed by atoms with van der Waals surface area (Å²) in [6.07, 6.45) is 3.51. The summed E-state index contributed by atoms with van der Waals surface area (Å²) in [6.45, 7) is 0.252. The van der Waals surface area contributed by atoms with Crippen molar-refractivity contribution in [2.45, 2.75) is 11.5 Å². The minimum Gasteiger partial charge on any atom is -0.457 e. The molecule has 7 heteroatoms. The minimum absolute atomic E-state index is 0.252. The van der Waals surface area contributed by atoms with E-state index in [1.807, 2.05) is 30.5 Å². The lowest BCUT2D eigenvalue weighted by Gasteiger charge is -2.06. The van der Waals surface area contributed by atoms with Crippen LogP contribution >= 0.6 is 11.8 Å². The second-order valence-corrected chi connectivity index (χ2v) is 5.61. The predicted molar refractivity (Wildman–Crippen MR) is 86.5 cm³/mol. The van der Waals surface area contributed by atoms with Gasteiger partial charge in [0.25, 0.3) is 0 Å². The maximum Gasteiger partial charge on any atom is 0.338 e. The maximum atomic E-state index is 12.1. The highest BCUT2D eigenvalue weighted by Gasteiger charge is 2.08. The molecule has 3 rings (SSSR count). The Morgan fingerprint density at radius 2 is 1.87 bits per heavy atom. The Balaban J connectivity index is 1.61. The largest absolute Gasteiger partial charge is 0.457 e. The number of hydrogen-bond acceptors (Lipinski definition) is 6. The number of nitrogens with zero attached hydrogens (tertiary/aromatic N) is 4. The van der Waals surface area contributed by atoms with Gasteiger partial charge >= 0.3 is 5.97 Å². The van der Waals surface area contributed by atoms with Crippen molar-refractivity contribution in [2.75, 3.05) is 6.26 Å². The van der Waals surface area contributed by atoms with Crippen molar-refractivity contribution in [2.24, 2.45) is 0 Å². The lowest BCUT2D eigenvalue weighted by molar-refractivity contribution is 0.0472. The predicted octanol–water partition coefficient (Wildman–Crippen LogP) is 2.74. The zero-order chi connectivity index (χ0) is 16.1. The van der Waals surface area contributed by atoms with Gasteiger partial charge in [-0.3, -0.25) is 0 Å². The Morgan fingerprint density at radius 3 is 2.48 bits per heavy atom. The van der Waals surface area contributed by atoms with Crippen LogP contribution in [0.1, 0.15) is 15.9 Å². The highest BCUT2D eigenvalue weighted by atomic mass is 32.2. The molecular formula is C16H14N4O2S. The molecule has 0 unspecified atom stereocenters. The molecule has 0 aliphatic heterocycles. The molecule has 6 nitrogen and oxygen atoms in total. The topological polar surface area (TPSA) is 69.9 Å². The van der Waals surface area contributed by atoms with Crippen molar-refractivity contribution in [3.05, 3.63) is 66.0 Å². The summed E-state index contributed by atoms with van der Waals surface area (Å²) in [5, 5.41) is 10.9. The van der Waals surface area contributed by atoms with Gasteiger partial charge in [-0.15, -0.1) is 16.9 Å². The van der Waals surface area contributed by atoms with Crippen molar-refractivity contribution < 1.29 is 9.53 Å². The molecule has 0 saturated heterocycles. The summed E-state index contributed by atoms with van der Waals surface area (Å²) in [7, 11) is 0. The first kappa shape index (κ1) is 15.2. The van der Waals surface area contributed by atoms with Crippen molar-refractivity contribution in [1.82, 2.24) is 20.2 Å². The lowest BCUT2D eigenvalue weighted by atomic mass is 10.2. The molecule has 2 aromatic carbocycles. The zero-order valence-corrected chi connectivity index (χ0v) is 13.2. The standard InChI is InChI=1S/C16H14N4O2S/c1-23-15-8-2-12(3-9-15)10-22-16(21)13-4-6-14(7-5-13)20-11-17-18-19-20/h2-9,11H,10H2,1H3. The van der Waals surface area contributed by atoms with E-state index in [4.69, 9.17) is 4.74 Å². The second-order valence-electron chi connectivity index (χ2n) is 4.73. The number of aromatic nitrogens is 4. The summed E-state index contributed by atoms with van der Waals surface area (Å²) in [4.78, 5) is 13.2. The number of esters is 1. The first-order chi connectivity index (χ1) is 11.3. The van der Waals surface area contributed by atoms with Gasteiger partial charge in [-0.25, -0.2) is 9.48 Å². The Kier molecular flexibility index (Phi) is 4.68. The van der Waals surface area contributed by atoms with Crippen LogP contribution in [0.4, 0.5) is 0 Å². The van der Waals surface area contributed by atoms with Gasteiger partial charge in [0.1, 0.15) is 12.9 Å². The van der Waals surface area contributed by atoms with Crippen LogP contribution in [0.3, 0.4) is 0 Å². The van der Waals surface area contributed by atoms with Gasteiger partial charge in [0.05, 0.1) is 11.3 Å². The fourth-order valence-corrected chi connectivity index (χ4v) is 2.39. The van der Waals surface area contributed by atoms with Crippen LogP contribution in [0.5, 0.6) is 0 Å². The Labute approximate surface area is 137 Å². The molecule has 0 fully saturated rings. The van der Waals surface area contributed by atoms with E-state index in [1.54, 1.807) is 36.0 Å². The van der Waals surface area contributed by atoms with Gasteiger partial charge in [0.2, 0.25) is 0 Å². The number of thioether (sulfide) groups is 1. The molecule has 0 N–H and O–H groups in total. The van der Waals surface area contributed by atoms with Crippen LogP contribution in [0.15, 0.2) is 59.8 Å². The molecule has 0 atom stereocenters. The first-order valence-electron chi connectivity index (χ1n) is 6.90. The molecule has 0 spiro atoms. The fraction of sp³-hybridized carbons (Fsp3) is 0.125. The molecule has 0 aliphatic rings. The van der Waals surface area contributed by atoms with Crippen LogP contribution in [-0.2, 0) is 11.3 Å². The van der Waals surface area contributed by atoms with E-state index in [-0.39, 0.29) is 12.6 Å². The molecule has 0 bridgehead atoms. The summed E-state index contributed by atoms with van der Waals surface area (Å²) in [5.74, 6) is -0.359. The SMILES string of the molecule is CSc1ccc(COC(=O)c2ccc(-n3cnnn3)cc2)cc1. The van der Waals surface area contributed by atoms with E-state index >= 15 is 0 Å². The van der Waals surface area contributed by atoms with Crippen molar-refractivity contribution >= 4 is 17.7 Å². The normalized spacial score (nSPS) is 10.5. The molecule has 3 aromatic rings. The van der Waals surface area contributed by atoms with E-state index < -0.39 is 0 Å². The highest BCUT2D eigenvalue weighted by molar-refractivity contribution is 7.98. The smallest absolute Gasteiger partial charge is 0.338 e. The molecule has 0 radical (unpaired) electrons. The molecule has 23 heavy (non-hydrogen) atoms. The molecule has 0 saturated carbocycles. The van der Waals surface area contributed by atoms with Crippen molar-refractivity contribution in [3.63, 3.8) is 0 Å². The van der Waals surface area contributed by atoms with Gasteiger partial charge in [-0.1, -0.05) is 12.1 Å². The molecular weight excluding hydrogens is 312 g/mol. The highest BCUT2D eigenvalue weighted by Crippen LogP contribution is 2.16. The van der Waals surface area contributed by atoms with E-state index in [0.717, 1.165) is 11.3 Å². The van der Waals surface area contributed by atoms with Gasteiger partial charge in [0.15, 0.2) is 0 Å². The minimum atomic E-state index is -0.359. The monoisotopic (exact) mass is 326 g/mol. The Hall–Kier alpha value is -2.67. The quantitative estimate of drug-likeness (QED) is 0.530. The van der Waals surface area contributed by atoms with Gasteiger partial charge in [-0.05, 0) is 58.6 Å². The number of rotatable bonds is 5. The number of ether oxygens (including phenoxy) is 1. The summed E-state index contributed by atoms with van der Waals surface area (Å²) in [6, 6.07) is 14.8. The average Bonchev–Trinajstić information content (AvgIpc) is 3.15. The third kappa shape index (κ3) is 3.75. The van der Waals surface area contributed by atoms with Gasteiger partial charge in [0, 0.05) is 4.90 Å². The molecule has 0 amide bonds. The van der Waals surface area contributed by atoms with E-state index in [9.17, 15) is 4.79 Å². The third-order valence-electron chi connectivity index (χ3n) is 3.25.